The van der Waals surface area contributed by atoms with E-state index in [4.69, 9.17) is 0 Å². The second-order valence-corrected chi connectivity index (χ2v) is 5.21. The number of amides is 4. The number of hydrogen-bond acceptors (Lipinski definition) is 4. The summed E-state index contributed by atoms with van der Waals surface area (Å²) in [6.07, 6.45) is 0. The average molecular weight is 275 g/mol. The topological polar surface area (TPSA) is 79.4 Å². The number of pyridine rings is 1. The van der Waals surface area contributed by atoms with Crippen LogP contribution < -0.4 is 5.32 Å². The lowest BCUT2D eigenvalue weighted by Crippen LogP contribution is -2.58. The van der Waals surface area contributed by atoms with E-state index in [2.05, 4.69) is 10.3 Å². The van der Waals surface area contributed by atoms with Gasteiger partial charge in [0.05, 0.1) is 12.2 Å². The molecule has 0 aliphatic carbocycles. The third-order valence-electron chi connectivity index (χ3n) is 3.22. The average Bonchev–Trinajstić information content (AvgIpc) is 2.33. The molecule has 2 rings (SSSR count). The number of aromatic nitrogens is 1. The highest BCUT2D eigenvalue weighted by atomic mass is 16.2. The van der Waals surface area contributed by atoms with Crippen LogP contribution in [0.2, 0.25) is 0 Å². The van der Waals surface area contributed by atoms with Crippen molar-refractivity contribution in [2.45, 2.75) is 27.3 Å². The van der Waals surface area contributed by atoms with Gasteiger partial charge < -0.3 is 0 Å². The minimum atomic E-state index is -0.822. The Hall–Kier alpha value is -2.24. The van der Waals surface area contributed by atoms with Crippen molar-refractivity contribution in [1.29, 1.82) is 0 Å². The van der Waals surface area contributed by atoms with Crippen molar-refractivity contribution in [2.75, 3.05) is 0 Å². The third kappa shape index (κ3) is 2.68. The van der Waals surface area contributed by atoms with Crippen LogP contribution in [0.15, 0.2) is 18.2 Å². The van der Waals surface area contributed by atoms with Crippen molar-refractivity contribution in [2.24, 2.45) is 11.8 Å². The summed E-state index contributed by atoms with van der Waals surface area (Å²) in [5.41, 5.74) is 1.43. The van der Waals surface area contributed by atoms with Gasteiger partial charge in [0.25, 0.3) is 0 Å². The second kappa shape index (κ2) is 5.40. The summed E-state index contributed by atoms with van der Waals surface area (Å²) in [4.78, 5) is 41.1. The number of nitrogens with zero attached hydrogens (tertiary/aromatic N) is 2. The van der Waals surface area contributed by atoms with Crippen LogP contribution in [0.1, 0.15) is 25.2 Å². The van der Waals surface area contributed by atoms with Gasteiger partial charge in [0.1, 0.15) is 5.92 Å². The molecule has 6 heteroatoms. The molecule has 6 nitrogen and oxygen atoms in total. The molecule has 1 aliphatic rings. The summed E-state index contributed by atoms with van der Waals surface area (Å²) in [5, 5.41) is 2.23. The van der Waals surface area contributed by atoms with Crippen molar-refractivity contribution >= 4 is 17.8 Å². The van der Waals surface area contributed by atoms with Crippen LogP contribution in [0.25, 0.3) is 0 Å². The minimum Gasteiger partial charge on any atom is -0.277 e. The fraction of sp³-hybridized carbons (Fsp3) is 0.429. The van der Waals surface area contributed by atoms with Gasteiger partial charge in [-0.05, 0) is 25.0 Å². The molecule has 106 valence electrons. The van der Waals surface area contributed by atoms with Gasteiger partial charge in [0.15, 0.2) is 0 Å². The van der Waals surface area contributed by atoms with Gasteiger partial charge in [-0.3, -0.25) is 24.8 Å². The summed E-state index contributed by atoms with van der Waals surface area (Å²) >= 11 is 0. The van der Waals surface area contributed by atoms with Crippen molar-refractivity contribution < 1.29 is 14.4 Å². The van der Waals surface area contributed by atoms with Crippen LogP contribution >= 0.6 is 0 Å². The summed E-state index contributed by atoms with van der Waals surface area (Å²) in [6, 6.07) is 4.71. The standard InChI is InChI=1S/C14H17N3O3/c1-8(2)11-12(18)16-14(20)17(13(11)19)7-10-6-4-5-9(3)15-10/h4-6,8,11H,7H2,1-3H3,(H,16,18,20). The van der Waals surface area contributed by atoms with Gasteiger partial charge in [-0.25, -0.2) is 4.79 Å². The molecular formula is C14H17N3O3. The number of nitrogens with one attached hydrogen (secondary N) is 1. The van der Waals surface area contributed by atoms with Crippen molar-refractivity contribution in [3.8, 4) is 0 Å². The first-order chi connectivity index (χ1) is 9.40. The zero-order valence-corrected chi connectivity index (χ0v) is 11.7. The van der Waals surface area contributed by atoms with Crippen molar-refractivity contribution in [3.63, 3.8) is 0 Å². The number of urea groups is 1. The molecule has 0 aromatic carbocycles. The first-order valence-corrected chi connectivity index (χ1v) is 6.49. The van der Waals surface area contributed by atoms with E-state index >= 15 is 0 Å². The van der Waals surface area contributed by atoms with Crippen LogP contribution in [-0.4, -0.2) is 27.7 Å². The molecule has 1 fully saturated rings. The Balaban J connectivity index is 2.24. The van der Waals surface area contributed by atoms with Crippen LogP contribution in [0.5, 0.6) is 0 Å². The molecular weight excluding hydrogens is 258 g/mol. The number of barbiturate groups is 1. The Labute approximate surface area is 117 Å². The highest BCUT2D eigenvalue weighted by molar-refractivity contribution is 6.16. The van der Waals surface area contributed by atoms with Gasteiger partial charge in [-0.15, -0.1) is 0 Å². The monoisotopic (exact) mass is 275 g/mol. The molecule has 0 bridgehead atoms. The van der Waals surface area contributed by atoms with E-state index in [9.17, 15) is 14.4 Å². The van der Waals surface area contributed by atoms with Crippen molar-refractivity contribution in [3.05, 3.63) is 29.6 Å². The molecule has 0 radical (unpaired) electrons. The maximum atomic E-state index is 12.3. The summed E-state index contributed by atoms with van der Waals surface area (Å²) < 4.78 is 0. The smallest absolute Gasteiger partial charge is 0.277 e. The highest BCUT2D eigenvalue weighted by Gasteiger charge is 2.41. The number of carbonyl (C=O) groups is 3. The molecule has 20 heavy (non-hydrogen) atoms. The normalized spacial score (nSPS) is 19.5. The van der Waals surface area contributed by atoms with E-state index in [-0.39, 0.29) is 12.5 Å². The lowest BCUT2D eigenvalue weighted by molar-refractivity contribution is -0.144. The molecule has 0 spiro atoms. The van der Waals surface area contributed by atoms with E-state index in [1.54, 1.807) is 19.9 Å². The molecule has 1 aromatic heterocycles. The molecule has 1 atom stereocenters. The highest BCUT2D eigenvalue weighted by Crippen LogP contribution is 2.20. The maximum Gasteiger partial charge on any atom is 0.331 e. The summed E-state index contributed by atoms with van der Waals surface area (Å²) in [5.74, 6) is -1.97. The first kappa shape index (κ1) is 14.2. The van der Waals surface area contributed by atoms with Crippen LogP contribution in [0.4, 0.5) is 4.79 Å². The number of aryl methyl sites for hydroxylation is 1. The van der Waals surface area contributed by atoms with E-state index in [1.165, 1.54) is 0 Å². The fourth-order valence-corrected chi connectivity index (χ4v) is 2.22. The summed E-state index contributed by atoms with van der Waals surface area (Å²) in [7, 11) is 0. The summed E-state index contributed by atoms with van der Waals surface area (Å²) in [6.45, 7) is 5.47. The van der Waals surface area contributed by atoms with Gasteiger partial charge >= 0.3 is 6.03 Å². The van der Waals surface area contributed by atoms with Crippen LogP contribution in [0.3, 0.4) is 0 Å². The Morgan fingerprint density at radius 3 is 2.60 bits per heavy atom. The van der Waals surface area contributed by atoms with E-state index < -0.39 is 23.8 Å². The largest absolute Gasteiger partial charge is 0.331 e. The predicted molar refractivity (Wildman–Crippen MR) is 71.4 cm³/mol. The number of imide groups is 2. The molecule has 1 aliphatic heterocycles. The van der Waals surface area contributed by atoms with Gasteiger partial charge in [-0.2, -0.15) is 0 Å². The number of hydrogen-bond donors (Lipinski definition) is 1. The van der Waals surface area contributed by atoms with E-state index in [0.29, 0.717) is 5.69 Å². The molecule has 1 unspecified atom stereocenters. The predicted octanol–water partition coefficient (Wildman–Crippen LogP) is 1.24. The zero-order chi connectivity index (χ0) is 14.9. The van der Waals surface area contributed by atoms with Gasteiger partial charge in [0.2, 0.25) is 11.8 Å². The van der Waals surface area contributed by atoms with E-state index in [1.807, 2.05) is 19.1 Å². The molecule has 2 heterocycles. The second-order valence-electron chi connectivity index (χ2n) is 5.21. The van der Waals surface area contributed by atoms with Crippen LogP contribution in [-0.2, 0) is 16.1 Å². The lowest BCUT2D eigenvalue weighted by Gasteiger charge is -2.31. The first-order valence-electron chi connectivity index (χ1n) is 6.49. The fourth-order valence-electron chi connectivity index (χ4n) is 2.22. The number of rotatable bonds is 3. The maximum absolute atomic E-state index is 12.3. The molecule has 1 N–H and O–H groups in total. The quantitative estimate of drug-likeness (QED) is 0.842. The third-order valence-corrected chi connectivity index (χ3v) is 3.22. The Kier molecular flexibility index (Phi) is 3.83. The SMILES string of the molecule is Cc1cccc(CN2C(=O)NC(=O)C(C(C)C)C2=O)n1. The molecule has 1 saturated heterocycles. The van der Waals surface area contributed by atoms with Crippen LogP contribution in [0, 0.1) is 18.8 Å². The Morgan fingerprint density at radius 1 is 1.30 bits per heavy atom. The van der Waals surface area contributed by atoms with Gasteiger partial charge in [-0.1, -0.05) is 19.9 Å². The molecule has 0 saturated carbocycles. The minimum absolute atomic E-state index is 0.0723. The zero-order valence-electron chi connectivity index (χ0n) is 11.7. The van der Waals surface area contributed by atoms with Gasteiger partial charge in [0, 0.05) is 5.69 Å². The molecule has 1 aromatic rings. The van der Waals surface area contributed by atoms with Crippen molar-refractivity contribution in [1.82, 2.24) is 15.2 Å². The Bertz CT molecular complexity index is 569. The number of carbonyl (C=O) groups excluding carboxylic acids is 3. The molecule has 4 amide bonds. The lowest BCUT2D eigenvalue weighted by atomic mass is 9.92. The Morgan fingerprint density at radius 2 is 2.00 bits per heavy atom. The van der Waals surface area contributed by atoms with E-state index in [0.717, 1.165) is 10.6 Å².